The van der Waals surface area contributed by atoms with E-state index in [1.54, 1.807) is 57.4 Å². The minimum atomic E-state index is -3.78. The minimum absolute atomic E-state index is 0.152. The lowest BCUT2D eigenvalue weighted by Gasteiger charge is -2.12. The Kier molecular flexibility index (Phi) is 5.56. The summed E-state index contributed by atoms with van der Waals surface area (Å²) in [4.78, 5) is 12.0. The number of carbonyl (C=O) groups excluding carboxylic acids is 1. The molecular weight excluding hydrogens is 378 g/mol. The van der Waals surface area contributed by atoms with Gasteiger partial charge in [-0.15, -0.1) is 0 Å². The Bertz CT molecular complexity index is 1140. The second-order valence-electron chi connectivity index (χ2n) is 6.23. The van der Waals surface area contributed by atoms with Crippen LogP contribution < -0.4 is 9.46 Å². The molecule has 28 heavy (non-hydrogen) atoms. The van der Waals surface area contributed by atoms with Crippen LogP contribution >= 0.6 is 0 Å². The molecule has 3 aromatic carbocycles. The van der Waals surface area contributed by atoms with E-state index >= 15 is 0 Å². The number of carbonyl (C=O) groups is 1. The van der Waals surface area contributed by atoms with Gasteiger partial charge in [0.1, 0.15) is 5.75 Å². The van der Waals surface area contributed by atoms with Crippen LogP contribution in [0.5, 0.6) is 5.75 Å². The molecule has 0 aliphatic heterocycles. The molecule has 0 aliphatic carbocycles. The van der Waals surface area contributed by atoms with E-state index in [9.17, 15) is 13.2 Å². The fraction of sp³-hybridized carbons (Fsp3) is 0.190. The van der Waals surface area contributed by atoms with E-state index in [0.717, 1.165) is 10.8 Å². The maximum absolute atomic E-state index is 12.8. The van der Waals surface area contributed by atoms with Crippen LogP contribution in [0, 0.1) is 6.92 Å². The number of methoxy groups -OCH3 is 1. The third kappa shape index (κ3) is 4.09. The van der Waals surface area contributed by atoms with Gasteiger partial charge >= 0.3 is 5.97 Å². The van der Waals surface area contributed by atoms with Gasteiger partial charge in [0, 0.05) is 0 Å². The van der Waals surface area contributed by atoms with E-state index in [0.29, 0.717) is 22.6 Å². The van der Waals surface area contributed by atoms with Crippen molar-refractivity contribution in [3.63, 3.8) is 0 Å². The van der Waals surface area contributed by atoms with Crippen LogP contribution in [-0.4, -0.2) is 28.1 Å². The van der Waals surface area contributed by atoms with Crippen LogP contribution in [0.4, 0.5) is 5.69 Å². The van der Waals surface area contributed by atoms with Crippen LogP contribution in [0.25, 0.3) is 10.8 Å². The summed E-state index contributed by atoms with van der Waals surface area (Å²) in [5.41, 5.74) is 1.41. The smallest absolute Gasteiger partial charge is 0.338 e. The number of esters is 1. The van der Waals surface area contributed by atoms with Crippen molar-refractivity contribution < 1.29 is 22.7 Å². The summed E-state index contributed by atoms with van der Waals surface area (Å²) in [6.07, 6.45) is 0. The molecule has 0 spiro atoms. The Hall–Kier alpha value is -3.06. The van der Waals surface area contributed by atoms with Gasteiger partial charge in [0.25, 0.3) is 10.0 Å². The van der Waals surface area contributed by atoms with Crippen molar-refractivity contribution in [1.82, 2.24) is 0 Å². The van der Waals surface area contributed by atoms with Crippen LogP contribution in [0.3, 0.4) is 0 Å². The first kappa shape index (κ1) is 19.7. The molecule has 0 heterocycles. The molecule has 0 unspecified atom stereocenters. The van der Waals surface area contributed by atoms with Gasteiger partial charge in [0.2, 0.25) is 0 Å². The molecule has 0 radical (unpaired) electrons. The van der Waals surface area contributed by atoms with Crippen molar-refractivity contribution in [2.45, 2.75) is 18.7 Å². The molecule has 0 fully saturated rings. The molecule has 0 aliphatic rings. The Morgan fingerprint density at radius 2 is 1.71 bits per heavy atom. The van der Waals surface area contributed by atoms with Crippen LogP contribution in [0.15, 0.2) is 59.5 Å². The lowest BCUT2D eigenvalue weighted by Crippen LogP contribution is -2.14. The Morgan fingerprint density at radius 1 is 1.00 bits per heavy atom. The monoisotopic (exact) mass is 399 g/mol. The molecular formula is C21H21NO5S. The fourth-order valence-corrected chi connectivity index (χ4v) is 3.99. The van der Waals surface area contributed by atoms with Crippen molar-refractivity contribution in [3.8, 4) is 5.75 Å². The van der Waals surface area contributed by atoms with Crippen LogP contribution in [0.1, 0.15) is 22.8 Å². The normalized spacial score (nSPS) is 11.2. The molecule has 3 aromatic rings. The largest absolute Gasteiger partial charge is 0.497 e. The van der Waals surface area contributed by atoms with Crippen molar-refractivity contribution in [2.24, 2.45) is 0 Å². The number of nitrogens with one attached hydrogen (secondary N) is 1. The summed E-state index contributed by atoms with van der Waals surface area (Å²) in [7, 11) is -2.20. The predicted molar refractivity (Wildman–Crippen MR) is 108 cm³/mol. The number of hydrogen-bond acceptors (Lipinski definition) is 5. The average Bonchev–Trinajstić information content (AvgIpc) is 2.68. The van der Waals surface area contributed by atoms with Crippen LogP contribution in [0.2, 0.25) is 0 Å². The zero-order chi connectivity index (χ0) is 20.3. The van der Waals surface area contributed by atoms with Gasteiger partial charge in [-0.05, 0) is 72.6 Å². The number of anilines is 1. The van der Waals surface area contributed by atoms with E-state index in [2.05, 4.69) is 4.72 Å². The minimum Gasteiger partial charge on any atom is -0.497 e. The summed E-state index contributed by atoms with van der Waals surface area (Å²) < 4.78 is 38.4. The lowest BCUT2D eigenvalue weighted by molar-refractivity contribution is 0.0526. The predicted octanol–water partition coefficient (Wildman–Crippen LogP) is 4.13. The Balaban J connectivity index is 1.89. The molecule has 0 bridgehead atoms. The van der Waals surface area contributed by atoms with Gasteiger partial charge in [-0.3, -0.25) is 4.72 Å². The van der Waals surface area contributed by atoms with Gasteiger partial charge in [0.15, 0.2) is 0 Å². The number of benzene rings is 3. The van der Waals surface area contributed by atoms with E-state index in [-0.39, 0.29) is 11.5 Å². The number of sulfonamides is 1. The number of aryl methyl sites for hydroxylation is 1. The highest BCUT2D eigenvalue weighted by Gasteiger charge is 2.17. The maximum atomic E-state index is 12.8. The van der Waals surface area contributed by atoms with Crippen molar-refractivity contribution >= 4 is 32.5 Å². The molecule has 146 valence electrons. The quantitative estimate of drug-likeness (QED) is 0.630. The number of fused-ring (bicyclic) bond motifs is 1. The molecule has 0 atom stereocenters. The van der Waals surface area contributed by atoms with Crippen molar-refractivity contribution in [3.05, 3.63) is 65.7 Å². The van der Waals surface area contributed by atoms with Crippen LogP contribution in [-0.2, 0) is 14.8 Å². The average molecular weight is 399 g/mol. The first-order valence-electron chi connectivity index (χ1n) is 8.72. The van der Waals surface area contributed by atoms with Crippen molar-refractivity contribution in [2.75, 3.05) is 18.4 Å². The third-order valence-electron chi connectivity index (χ3n) is 4.31. The zero-order valence-corrected chi connectivity index (χ0v) is 16.7. The third-order valence-corrected chi connectivity index (χ3v) is 5.67. The molecule has 3 rings (SSSR count). The van der Waals surface area contributed by atoms with E-state index in [4.69, 9.17) is 9.47 Å². The first-order valence-corrected chi connectivity index (χ1v) is 10.2. The van der Waals surface area contributed by atoms with Crippen molar-refractivity contribution in [1.29, 1.82) is 0 Å². The molecule has 7 heteroatoms. The standard InChI is InChI=1S/C21H21NO5S/c1-4-27-21(23)17-7-10-20(14(2)11-17)22-28(24,25)19-9-6-15-12-18(26-3)8-5-16(15)13-19/h5-13,22H,4H2,1-3H3. The summed E-state index contributed by atoms with van der Waals surface area (Å²) in [5.74, 6) is 0.267. The molecule has 0 aromatic heterocycles. The van der Waals surface area contributed by atoms with Gasteiger partial charge in [-0.1, -0.05) is 12.1 Å². The van der Waals surface area contributed by atoms with Gasteiger partial charge in [-0.2, -0.15) is 0 Å². The second kappa shape index (κ2) is 7.90. The summed E-state index contributed by atoms with van der Waals surface area (Å²) >= 11 is 0. The highest BCUT2D eigenvalue weighted by molar-refractivity contribution is 7.92. The first-order chi connectivity index (χ1) is 13.3. The number of rotatable bonds is 6. The van der Waals surface area contributed by atoms with Gasteiger partial charge in [-0.25, -0.2) is 13.2 Å². The summed E-state index contributed by atoms with van der Waals surface area (Å²) in [6, 6.07) is 15.0. The Labute approximate surface area is 164 Å². The summed E-state index contributed by atoms with van der Waals surface area (Å²) in [5, 5.41) is 1.67. The van der Waals surface area contributed by atoms with Gasteiger partial charge < -0.3 is 9.47 Å². The van der Waals surface area contributed by atoms with E-state index < -0.39 is 16.0 Å². The maximum Gasteiger partial charge on any atom is 0.338 e. The number of ether oxygens (including phenoxy) is 2. The SMILES string of the molecule is CCOC(=O)c1ccc(NS(=O)(=O)c2ccc3cc(OC)ccc3c2)c(C)c1. The molecule has 0 saturated carbocycles. The topological polar surface area (TPSA) is 81.7 Å². The zero-order valence-electron chi connectivity index (χ0n) is 15.9. The summed E-state index contributed by atoms with van der Waals surface area (Å²) in [6.45, 7) is 3.74. The molecule has 0 saturated heterocycles. The highest BCUT2D eigenvalue weighted by Crippen LogP contribution is 2.26. The van der Waals surface area contributed by atoms with E-state index in [1.807, 2.05) is 12.1 Å². The second-order valence-corrected chi connectivity index (χ2v) is 7.91. The molecule has 0 amide bonds. The number of hydrogen-bond donors (Lipinski definition) is 1. The lowest BCUT2D eigenvalue weighted by atomic mass is 10.1. The van der Waals surface area contributed by atoms with Gasteiger partial charge in [0.05, 0.1) is 29.9 Å². The Morgan fingerprint density at radius 3 is 2.39 bits per heavy atom. The fourth-order valence-electron chi connectivity index (χ4n) is 2.82. The highest BCUT2D eigenvalue weighted by atomic mass is 32.2. The molecule has 1 N–H and O–H groups in total. The molecule has 6 nitrogen and oxygen atoms in total. The van der Waals surface area contributed by atoms with E-state index in [1.165, 1.54) is 6.07 Å².